The third-order valence-corrected chi connectivity index (χ3v) is 6.32. The third kappa shape index (κ3) is 3.21. The maximum Gasteiger partial charge on any atom is 0.254 e. The molecular weight excluding hydrogens is 352 g/mol. The van der Waals surface area contributed by atoms with E-state index in [9.17, 15) is 4.79 Å². The van der Waals surface area contributed by atoms with Crippen molar-refractivity contribution in [3.8, 4) is 0 Å². The van der Waals surface area contributed by atoms with Gasteiger partial charge in [0.1, 0.15) is 0 Å². The molecule has 0 bridgehead atoms. The van der Waals surface area contributed by atoms with Gasteiger partial charge in [-0.15, -0.1) is 11.3 Å². The van der Waals surface area contributed by atoms with E-state index in [0.717, 1.165) is 34.4 Å². The van der Waals surface area contributed by atoms with Crippen LogP contribution in [0.15, 0.2) is 24.3 Å². The van der Waals surface area contributed by atoms with Gasteiger partial charge in [0, 0.05) is 22.1 Å². The molecule has 5 heteroatoms. The van der Waals surface area contributed by atoms with Gasteiger partial charge in [0.25, 0.3) is 5.91 Å². The monoisotopic (exact) mass is 372 g/mol. The van der Waals surface area contributed by atoms with Crippen LogP contribution in [-0.2, 0) is 19.4 Å². The van der Waals surface area contributed by atoms with E-state index in [-0.39, 0.29) is 5.91 Å². The first-order chi connectivity index (χ1) is 12.1. The fraction of sp³-hybridized carbons (Fsp3) is 0.350. The molecule has 0 aliphatic heterocycles. The first-order valence-electron chi connectivity index (χ1n) is 8.79. The number of hydrogen-bond donors (Lipinski definition) is 2. The highest BCUT2D eigenvalue weighted by Crippen LogP contribution is 2.37. The Bertz CT molecular complexity index is 941. The summed E-state index contributed by atoms with van der Waals surface area (Å²) in [6.07, 6.45) is 5.99. The second kappa shape index (κ2) is 6.85. The molecule has 0 spiro atoms. The molecule has 3 aromatic rings. The Morgan fingerprint density at radius 1 is 1.28 bits per heavy atom. The van der Waals surface area contributed by atoms with Crippen molar-refractivity contribution >= 4 is 39.1 Å². The first kappa shape index (κ1) is 16.7. The number of nitrogens with one attached hydrogen (secondary N) is 2. The number of halogens is 1. The highest BCUT2D eigenvalue weighted by molar-refractivity contribution is 7.19. The van der Waals surface area contributed by atoms with Gasteiger partial charge in [-0.3, -0.25) is 4.79 Å². The molecule has 3 nitrogen and oxygen atoms in total. The summed E-state index contributed by atoms with van der Waals surface area (Å²) < 4.78 is 1.28. The predicted octanol–water partition coefficient (Wildman–Crippen LogP) is 5.39. The van der Waals surface area contributed by atoms with Crippen molar-refractivity contribution in [1.82, 2.24) is 10.3 Å². The van der Waals surface area contributed by atoms with Gasteiger partial charge in [0.15, 0.2) is 0 Å². The van der Waals surface area contributed by atoms with Crippen molar-refractivity contribution < 1.29 is 4.79 Å². The van der Waals surface area contributed by atoms with Crippen LogP contribution in [0.3, 0.4) is 0 Å². The van der Waals surface area contributed by atoms with E-state index in [1.54, 1.807) is 11.3 Å². The molecule has 2 N–H and O–H groups in total. The Hall–Kier alpha value is -1.78. The lowest BCUT2D eigenvalue weighted by molar-refractivity contribution is 0.0952. The lowest BCUT2D eigenvalue weighted by Crippen LogP contribution is -2.23. The Morgan fingerprint density at radius 3 is 2.96 bits per heavy atom. The average Bonchev–Trinajstić information content (AvgIpc) is 2.96. The Labute approximate surface area is 156 Å². The van der Waals surface area contributed by atoms with Crippen LogP contribution in [0.2, 0.25) is 5.02 Å². The second-order valence-corrected chi connectivity index (χ2v) is 8.35. The number of rotatable bonds is 3. The molecule has 4 rings (SSSR count). The van der Waals surface area contributed by atoms with Crippen LogP contribution in [0.4, 0.5) is 0 Å². The molecule has 130 valence electrons. The number of fused-ring (bicyclic) bond motifs is 3. The number of H-pyrrole nitrogens is 1. The molecular formula is C20H21ClN2OS. The first-order valence-corrected chi connectivity index (χ1v) is 9.98. The van der Waals surface area contributed by atoms with Gasteiger partial charge >= 0.3 is 0 Å². The number of carbonyl (C=O) groups excluding carboxylic acids is 1. The van der Waals surface area contributed by atoms with Crippen molar-refractivity contribution in [3.05, 3.63) is 56.5 Å². The van der Waals surface area contributed by atoms with Gasteiger partial charge in [0.05, 0.1) is 15.8 Å². The van der Waals surface area contributed by atoms with E-state index in [1.165, 1.54) is 35.2 Å². The molecule has 1 aliphatic rings. The van der Waals surface area contributed by atoms with Crippen LogP contribution in [0.5, 0.6) is 0 Å². The molecule has 25 heavy (non-hydrogen) atoms. The summed E-state index contributed by atoms with van der Waals surface area (Å²) in [5.74, 6) is -0.0138. The van der Waals surface area contributed by atoms with Crippen LogP contribution in [0.25, 0.3) is 10.2 Å². The number of aromatic nitrogens is 1. The lowest BCUT2D eigenvalue weighted by atomic mass is 10.1. The second-order valence-electron chi connectivity index (χ2n) is 6.69. The van der Waals surface area contributed by atoms with Crippen LogP contribution in [0.1, 0.15) is 51.3 Å². The summed E-state index contributed by atoms with van der Waals surface area (Å²) >= 11 is 7.77. The van der Waals surface area contributed by atoms with Gasteiger partial charge in [0.2, 0.25) is 0 Å². The van der Waals surface area contributed by atoms with E-state index >= 15 is 0 Å². The van der Waals surface area contributed by atoms with Crippen molar-refractivity contribution in [2.75, 3.05) is 0 Å². The summed E-state index contributed by atoms with van der Waals surface area (Å²) in [5, 5.41) is 3.73. The fourth-order valence-electron chi connectivity index (χ4n) is 3.69. The quantitative estimate of drug-likeness (QED) is 0.595. The standard InChI is InChI=1S/C20H21ClN2OS/c1-12-17(20(24)22-11-13-6-5-7-14(21)10-13)18-19(25-12)15-8-3-2-4-9-16(15)23-18/h5-7,10,23H,2-4,8-9,11H2,1H3,(H,22,24). The largest absolute Gasteiger partial charge is 0.357 e. The third-order valence-electron chi connectivity index (χ3n) is 4.92. The van der Waals surface area contributed by atoms with E-state index in [4.69, 9.17) is 11.6 Å². The molecule has 0 saturated carbocycles. The highest BCUT2D eigenvalue weighted by atomic mass is 35.5. The zero-order valence-corrected chi connectivity index (χ0v) is 15.8. The average molecular weight is 373 g/mol. The van der Waals surface area contributed by atoms with Gasteiger partial charge in [-0.25, -0.2) is 0 Å². The molecule has 1 aliphatic carbocycles. The van der Waals surface area contributed by atoms with E-state index in [1.807, 2.05) is 31.2 Å². The van der Waals surface area contributed by atoms with Crippen molar-refractivity contribution in [2.24, 2.45) is 0 Å². The molecule has 0 saturated heterocycles. The zero-order chi connectivity index (χ0) is 17.4. The van der Waals surface area contributed by atoms with Crippen molar-refractivity contribution in [3.63, 3.8) is 0 Å². The van der Waals surface area contributed by atoms with Gasteiger partial charge in [-0.1, -0.05) is 30.2 Å². The minimum atomic E-state index is -0.0138. The summed E-state index contributed by atoms with van der Waals surface area (Å²) in [6, 6.07) is 7.60. The molecule has 1 amide bonds. The number of hydrogen-bond acceptors (Lipinski definition) is 2. The minimum Gasteiger partial charge on any atom is -0.357 e. The van der Waals surface area contributed by atoms with E-state index < -0.39 is 0 Å². The summed E-state index contributed by atoms with van der Waals surface area (Å²) in [5.41, 5.74) is 5.61. The highest BCUT2D eigenvalue weighted by Gasteiger charge is 2.23. The summed E-state index contributed by atoms with van der Waals surface area (Å²) in [6.45, 7) is 2.52. The number of carbonyl (C=O) groups is 1. The van der Waals surface area contributed by atoms with Gasteiger partial charge in [-0.05, 0) is 55.9 Å². The maximum atomic E-state index is 12.8. The van der Waals surface area contributed by atoms with Crippen molar-refractivity contribution in [1.29, 1.82) is 0 Å². The van der Waals surface area contributed by atoms with Crippen LogP contribution in [0, 0.1) is 6.92 Å². The molecule has 0 radical (unpaired) electrons. The summed E-state index contributed by atoms with van der Waals surface area (Å²) in [4.78, 5) is 17.5. The Morgan fingerprint density at radius 2 is 2.12 bits per heavy atom. The molecule has 0 fully saturated rings. The number of benzene rings is 1. The van der Waals surface area contributed by atoms with E-state index in [0.29, 0.717) is 11.6 Å². The molecule has 0 atom stereocenters. The number of amides is 1. The van der Waals surface area contributed by atoms with Crippen molar-refractivity contribution in [2.45, 2.75) is 45.6 Å². The Kier molecular flexibility index (Phi) is 4.57. The van der Waals surface area contributed by atoms with E-state index in [2.05, 4.69) is 10.3 Å². The molecule has 0 unspecified atom stereocenters. The van der Waals surface area contributed by atoms with Crippen LogP contribution in [-0.4, -0.2) is 10.9 Å². The number of aryl methyl sites for hydroxylation is 3. The van der Waals surface area contributed by atoms with Gasteiger partial charge < -0.3 is 10.3 Å². The van der Waals surface area contributed by atoms with Crippen LogP contribution >= 0.6 is 22.9 Å². The molecule has 1 aromatic carbocycles. The fourth-order valence-corrected chi connectivity index (χ4v) is 5.11. The van der Waals surface area contributed by atoms with Gasteiger partial charge in [-0.2, -0.15) is 0 Å². The molecule has 2 aromatic heterocycles. The number of aromatic amines is 1. The van der Waals surface area contributed by atoms with Crippen LogP contribution < -0.4 is 5.32 Å². The number of thiophene rings is 1. The summed E-state index contributed by atoms with van der Waals surface area (Å²) in [7, 11) is 0. The Balaban J connectivity index is 1.62. The zero-order valence-electron chi connectivity index (χ0n) is 14.2. The lowest BCUT2D eigenvalue weighted by Gasteiger charge is -2.06. The smallest absolute Gasteiger partial charge is 0.254 e. The normalized spacial score (nSPS) is 14.3. The minimum absolute atomic E-state index is 0.0138. The predicted molar refractivity (Wildman–Crippen MR) is 105 cm³/mol. The topological polar surface area (TPSA) is 44.9 Å². The molecule has 2 heterocycles. The maximum absolute atomic E-state index is 12.8. The SMILES string of the molecule is Cc1sc2c3c([nH]c2c1C(=O)NCc1cccc(Cl)c1)CCCCC3.